The molecule has 0 aromatic rings. The van der Waals surface area contributed by atoms with Crippen LogP contribution in [0.3, 0.4) is 0 Å². The molecule has 78 heavy (non-hydrogen) atoms. The zero-order valence-electron chi connectivity index (χ0n) is 47.0. The molecule has 0 spiro atoms. The Balaban J connectivity index is 1.12. The van der Waals surface area contributed by atoms with Gasteiger partial charge >= 0.3 is 17.9 Å². The zero-order chi connectivity index (χ0) is 57.6. The van der Waals surface area contributed by atoms with Crippen molar-refractivity contribution in [1.82, 2.24) is 0 Å². The highest BCUT2D eigenvalue weighted by Gasteiger charge is 2.74. The van der Waals surface area contributed by atoms with E-state index in [0.29, 0.717) is 49.7 Å². The van der Waals surface area contributed by atoms with Gasteiger partial charge in [0.05, 0.1) is 43.5 Å². The molecule has 24 atom stereocenters. The first kappa shape index (κ1) is 61.1. The van der Waals surface area contributed by atoms with Crippen molar-refractivity contribution >= 4 is 17.9 Å². The molecule has 10 unspecified atom stereocenters. The Morgan fingerprint density at radius 2 is 1.32 bits per heavy atom. The van der Waals surface area contributed by atoms with E-state index in [-0.39, 0.29) is 30.1 Å². The highest BCUT2D eigenvalue weighted by molar-refractivity contribution is 5.89. The van der Waals surface area contributed by atoms with Crippen LogP contribution in [0.2, 0.25) is 0 Å². The summed E-state index contributed by atoms with van der Waals surface area (Å²) in [5, 5.41) is 110. The second kappa shape index (κ2) is 22.3. The number of ether oxygens (including phenoxy) is 8. The number of carbonyl (C=O) groups excluding carboxylic acids is 2. The molecule has 7 fully saturated rings. The third-order valence-electron chi connectivity index (χ3n) is 21.1. The number of carboxylic acids is 1. The number of esters is 2. The third kappa shape index (κ3) is 9.86. The van der Waals surface area contributed by atoms with Gasteiger partial charge in [0.1, 0.15) is 54.9 Å². The Morgan fingerprint density at radius 3 is 1.90 bits per heavy atom. The molecule has 8 rings (SSSR count). The highest BCUT2D eigenvalue weighted by Crippen LogP contribution is 2.76. The van der Waals surface area contributed by atoms with Crippen LogP contribution in [0.1, 0.15) is 128 Å². The number of aliphatic hydroxyl groups excluding tert-OH is 9. The van der Waals surface area contributed by atoms with E-state index in [2.05, 4.69) is 40.7 Å². The van der Waals surface area contributed by atoms with Crippen LogP contribution in [0.5, 0.6) is 0 Å². The quantitative estimate of drug-likeness (QED) is 0.0516. The van der Waals surface area contributed by atoms with E-state index in [0.717, 1.165) is 5.57 Å². The van der Waals surface area contributed by atoms with E-state index >= 15 is 0 Å². The van der Waals surface area contributed by atoms with Gasteiger partial charge in [0.2, 0.25) is 0 Å². The summed E-state index contributed by atoms with van der Waals surface area (Å²) in [7, 11) is 0. The molecule has 0 amide bonds. The molecule has 3 aliphatic heterocycles. The SMILES string of the molecule is C/C=C(/C)C(=O)O[C@H]1[C@H](OC(=O)/C(C)=C\C)[C@@]2(CO)C(CC1(C)C)C1=CCC3[C@@]4(C)CC[C@H](O[C@@H]5OC(C(=O)O)[C@@H](O)C(O[C@H]6CC(O)[C@H](CO)O6)C5O[C@@H]5OC(CO)[C@H](O)C(O)C5O)C(C)(C)C4CC[C@@]3(C)[C@]1(C)C[C@H]2O. The van der Waals surface area contributed by atoms with Crippen molar-refractivity contribution in [2.75, 3.05) is 19.8 Å². The maximum Gasteiger partial charge on any atom is 0.335 e. The molecule has 0 bridgehead atoms. The summed E-state index contributed by atoms with van der Waals surface area (Å²) in [6.45, 7) is 19.8. The molecular weight excluding hydrogens is 1020 g/mol. The number of allylic oxidation sites excluding steroid dienone is 4. The van der Waals surface area contributed by atoms with E-state index in [4.69, 9.17) is 37.9 Å². The van der Waals surface area contributed by atoms with Crippen LogP contribution in [0.25, 0.3) is 0 Å². The van der Waals surface area contributed by atoms with Gasteiger partial charge in [0.15, 0.2) is 31.1 Å². The highest BCUT2D eigenvalue weighted by atomic mass is 16.8. The molecule has 21 nitrogen and oxygen atoms in total. The fraction of sp³-hybridized carbons (Fsp3) is 0.842. The van der Waals surface area contributed by atoms with Gasteiger partial charge in [-0.3, -0.25) is 0 Å². The van der Waals surface area contributed by atoms with Crippen molar-refractivity contribution in [1.29, 1.82) is 0 Å². The van der Waals surface area contributed by atoms with Gasteiger partial charge < -0.3 is 89.0 Å². The summed E-state index contributed by atoms with van der Waals surface area (Å²) in [4.78, 5) is 40.3. The summed E-state index contributed by atoms with van der Waals surface area (Å²) in [6, 6.07) is 0. The normalized spacial score (nSPS) is 48.1. The second-order valence-corrected chi connectivity index (χ2v) is 25.9. The van der Waals surface area contributed by atoms with Crippen LogP contribution in [-0.2, 0) is 52.3 Å². The van der Waals surface area contributed by atoms with Crippen molar-refractivity contribution in [3.05, 3.63) is 34.9 Å². The van der Waals surface area contributed by atoms with Crippen molar-refractivity contribution in [3.63, 3.8) is 0 Å². The number of carbonyl (C=O) groups is 3. The molecular formula is C57H88O21. The lowest BCUT2D eigenvalue weighted by Gasteiger charge is -2.72. The standard InChI is InChI=1S/C57H88O21/c1-12-26(3)48(69)77-45-46(78-49(70)27(4)13-2)57(25-60)29(21-52(45,5)6)28-14-15-34-54(9)18-17-36(53(7,8)33(54)16-19-55(34,10)56(28,11)22-35(57)62)73-51-44(76-50-40(65)39(64)38(63)32(24-59)72-50)42(41(66)43(75-51)47(67)68)74-37-20-30(61)31(23-58)71-37/h12-14,29-46,50-51,58-66H,15-25H2,1-11H3,(H,67,68)/b26-12-,27-13-/t29?,30?,31-,32?,33?,34?,35+,36-,37-,38-,39?,40?,41-,42?,43?,44?,45-,46-,50-,51+,54-,55+,56+,57-/m0/s1. The first-order chi connectivity index (χ1) is 36.5. The van der Waals surface area contributed by atoms with E-state index < -0.39 is 175 Å². The van der Waals surface area contributed by atoms with Crippen LogP contribution in [-0.4, -0.2) is 193 Å². The van der Waals surface area contributed by atoms with E-state index in [1.54, 1.807) is 39.8 Å². The lowest BCUT2D eigenvalue weighted by Crippen LogP contribution is -2.72. The van der Waals surface area contributed by atoms with E-state index in [9.17, 15) is 65.4 Å². The predicted molar refractivity (Wildman–Crippen MR) is 274 cm³/mol. The molecule has 10 N–H and O–H groups in total. The monoisotopic (exact) mass is 1110 g/mol. The largest absolute Gasteiger partial charge is 0.479 e. The van der Waals surface area contributed by atoms with Crippen LogP contribution in [0.4, 0.5) is 0 Å². The molecule has 5 aliphatic carbocycles. The van der Waals surface area contributed by atoms with Crippen molar-refractivity contribution in [2.45, 2.75) is 232 Å². The Labute approximate surface area is 456 Å². The smallest absolute Gasteiger partial charge is 0.335 e. The van der Waals surface area contributed by atoms with Crippen molar-refractivity contribution in [2.24, 2.45) is 50.2 Å². The van der Waals surface area contributed by atoms with Gasteiger partial charge in [0.25, 0.3) is 0 Å². The van der Waals surface area contributed by atoms with Crippen molar-refractivity contribution < 1.29 is 103 Å². The first-order valence-corrected chi connectivity index (χ1v) is 27.9. The topological polar surface area (TPSA) is 327 Å². The molecule has 0 radical (unpaired) electrons. The lowest BCUT2D eigenvalue weighted by atomic mass is 9.33. The first-order valence-electron chi connectivity index (χ1n) is 27.9. The minimum atomic E-state index is -1.98. The average molecular weight is 1110 g/mol. The minimum Gasteiger partial charge on any atom is -0.479 e. The maximum atomic E-state index is 13.8. The number of carboxylic acid groups (broad SMARTS) is 1. The van der Waals surface area contributed by atoms with Gasteiger partial charge in [-0.2, -0.15) is 0 Å². The van der Waals surface area contributed by atoms with Gasteiger partial charge in [-0.15, -0.1) is 0 Å². The number of rotatable bonds is 14. The molecule has 0 aromatic carbocycles. The summed E-state index contributed by atoms with van der Waals surface area (Å²) in [5.41, 5.74) is -2.53. The summed E-state index contributed by atoms with van der Waals surface area (Å²) >= 11 is 0. The van der Waals surface area contributed by atoms with Crippen LogP contribution in [0.15, 0.2) is 34.9 Å². The molecule has 8 aliphatic rings. The van der Waals surface area contributed by atoms with Crippen LogP contribution >= 0.6 is 0 Å². The molecule has 442 valence electrons. The third-order valence-corrected chi connectivity index (χ3v) is 21.1. The van der Waals surface area contributed by atoms with Crippen molar-refractivity contribution in [3.8, 4) is 0 Å². The van der Waals surface area contributed by atoms with Crippen LogP contribution < -0.4 is 0 Å². The number of fused-ring (bicyclic) bond motifs is 7. The van der Waals surface area contributed by atoms with Gasteiger partial charge in [-0.05, 0) is 112 Å². The molecule has 3 saturated heterocycles. The van der Waals surface area contributed by atoms with Crippen LogP contribution in [0, 0.1) is 50.2 Å². The zero-order valence-corrected chi connectivity index (χ0v) is 47.0. The molecule has 4 saturated carbocycles. The Kier molecular flexibility index (Phi) is 17.5. The summed E-state index contributed by atoms with van der Waals surface area (Å²) in [6.07, 6.45) is -16.2. The van der Waals surface area contributed by atoms with Gasteiger partial charge in [0, 0.05) is 23.0 Å². The van der Waals surface area contributed by atoms with E-state index in [1.807, 2.05) is 13.8 Å². The number of hydrogen-bond donors (Lipinski definition) is 10. The minimum absolute atomic E-state index is 0.0288. The Morgan fingerprint density at radius 1 is 0.692 bits per heavy atom. The predicted octanol–water partition coefficient (Wildman–Crippen LogP) is 2.32. The number of hydrogen-bond acceptors (Lipinski definition) is 20. The second-order valence-electron chi connectivity index (χ2n) is 25.9. The van der Waals surface area contributed by atoms with Gasteiger partial charge in [-0.25, -0.2) is 14.4 Å². The lowest BCUT2D eigenvalue weighted by molar-refractivity contribution is -0.384. The molecule has 21 heteroatoms. The Bertz CT molecular complexity index is 2320. The maximum absolute atomic E-state index is 13.8. The average Bonchev–Trinajstić information content (AvgIpc) is 3.81. The molecule has 0 aromatic heterocycles. The Hall–Kier alpha value is -2.97. The van der Waals surface area contributed by atoms with Gasteiger partial charge in [-0.1, -0.05) is 72.3 Å². The summed E-state index contributed by atoms with van der Waals surface area (Å²) < 4.78 is 49.6. The fourth-order valence-corrected chi connectivity index (χ4v) is 16.2. The molecule has 3 heterocycles. The van der Waals surface area contributed by atoms with E-state index in [1.165, 1.54) is 0 Å². The fourth-order valence-electron chi connectivity index (χ4n) is 16.2. The summed E-state index contributed by atoms with van der Waals surface area (Å²) in [5.74, 6) is -3.24. The number of aliphatic carboxylic acids is 1. The number of aliphatic hydroxyl groups is 9.